The third-order valence-corrected chi connectivity index (χ3v) is 3.79. The lowest BCUT2D eigenvalue weighted by Gasteiger charge is -2.12. The van der Waals surface area contributed by atoms with Crippen LogP contribution in [0.2, 0.25) is 0 Å². The first kappa shape index (κ1) is 13.1. The van der Waals surface area contributed by atoms with E-state index in [9.17, 15) is 9.18 Å². The van der Waals surface area contributed by atoms with Gasteiger partial charge in [0.25, 0.3) is 5.91 Å². The summed E-state index contributed by atoms with van der Waals surface area (Å²) in [5, 5.41) is 2.85. The van der Waals surface area contributed by atoms with Crippen molar-refractivity contribution in [2.75, 3.05) is 6.54 Å². The molecule has 0 spiro atoms. The molecule has 1 amide bonds. The monoisotopic (exact) mass is 249 g/mol. The Bertz CT molecular complexity index is 444. The number of halogens is 1. The maximum Gasteiger partial charge on any atom is 0.254 e. The first-order valence-electron chi connectivity index (χ1n) is 6.61. The van der Waals surface area contributed by atoms with Crippen molar-refractivity contribution in [2.45, 2.75) is 33.1 Å². The molecule has 2 rings (SSSR count). The predicted octanol–water partition coefficient (Wildman–Crippen LogP) is 3.30. The van der Waals surface area contributed by atoms with Crippen molar-refractivity contribution in [3.8, 4) is 0 Å². The number of hydrogen-bond donors (Lipinski definition) is 1. The molecule has 0 radical (unpaired) electrons. The molecule has 1 aliphatic rings. The summed E-state index contributed by atoms with van der Waals surface area (Å²) >= 11 is 0. The number of benzene rings is 1. The highest BCUT2D eigenvalue weighted by Gasteiger charge is 2.22. The third-order valence-electron chi connectivity index (χ3n) is 3.79. The van der Waals surface area contributed by atoms with Crippen LogP contribution in [0.5, 0.6) is 0 Å². The zero-order valence-corrected chi connectivity index (χ0v) is 11.0. The SMILES string of the molecule is Cc1cccc(C(=O)NCC2CCC(C)C2)c1F. The molecule has 0 aliphatic heterocycles. The van der Waals surface area contributed by atoms with E-state index < -0.39 is 5.82 Å². The number of carbonyl (C=O) groups excluding carboxylic acids is 1. The van der Waals surface area contributed by atoms with Gasteiger partial charge >= 0.3 is 0 Å². The second-order valence-corrected chi connectivity index (χ2v) is 5.43. The fraction of sp³-hybridized carbons (Fsp3) is 0.533. The van der Waals surface area contributed by atoms with Crippen LogP contribution in [0.3, 0.4) is 0 Å². The van der Waals surface area contributed by atoms with Crippen LogP contribution in [0.4, 0.5) is 4.39 Å². The molecule has 0 heterocycles. The molecule has 0 saturated heterocycles. The highest BCUT2D eigenvalue weighted by atomic mass is 19.1. The number of hydrogen-bond acceptors (Lipinski definition) is 1. The molecule has 2 nitrogen and oxygen atoms in total. The molecule has 1 aliphatic carbocycles. The van der Waals surface area contributed by atoms with Crippen molar-refractivity contribution in [1.29, 1.82) is 0 Å². The lowest BCUT2D eigenvalue weighted by Crippen LogP contribution is -2.29. The van der Waals surface area contributed by atoms with Crippen LogP contribution in [0.15, 0.2) is 18.2 Å². The van der Waals surface area contributed by atoms with E-state index in [1.165, 1.54) is 12.5 Å². The second kappa shape index (κ2) is 5.51. The quantitative estimate of drug-likeness (QED) is 0.875. The van der Waals surface area contributed by atoms with Gasteiger partial charge in [-0.05, 0) is 43.2 Å². The molecule has 2 atom stereocenters. The number of nitrogens with one attached hydrogen (secondary N) is 1. The summed E-state index contributed by atoms with van der Waals surface area (Å²) in [6, 6.07) is 4.92. The van der Waals surface area contributed by atoms with E-state index in [-0.39, 0.29) is 11.5 Å². The number of amides is 1. The third kappa shape index (κ3) is 2.89. The van der Waals surface area contributed by atoms with Crippen LogP contribution in [0.25, 0.3) is 0 Å². The summed E-state index contributed by atoms with van der Waals surface area (Å²) in [6.45, 7) is 4.57. The van der Waals surface area contributed by atoms with Crippen LogP contribution in [-0.4, -0.2) is 12.5 Å². The summed E-state index contributed by atoms with van der Waals surface area (Å²) in [5.74, 6) is 0.602. The molecule has 2 unspecified atom stereocenters. The minimum absolute atomic E-state index is 0.154. The van der Waals surface area contributed by atoms with Gasteiger partial charge in [0.15, 0.2) is 0 Å². The molecule has 3 heteroatoms. The average molecular weight is 249 g/mol. The number of aryl methyl sites for hydroxylation is 1. The maximum atomic E-state index is 13.8. The van der Waals surface area contributed by atoms with Crippen molar-refractivity contribution >= 4 is 5.91 Å². The van der Waals surface area contributed by atoms with Gasteiger partial charge in [-0.1, -0.05) is 25.5 Å². The van der Waals surface area contributed by atoms with E-state index >= 15 is 0 Å². The van der Waals surface area contributed by atoms with Crippen LogP contribution in [-0.2, 0) is 0 Å². The number of rotatable bonds is 3. The summed E-state index contributed by atoms with van der Waals surface area (Å²) < 4.78 is 13.8. The first-order chi connectivity index (χ1) is 8.58. The molecule has 1 saturated carbocycles. The Hall–Kier alpha value is -1.38. The van der Waals surface area contributed by atoms with Gasteiger partial charge in [-0.25, -0.2) is 4.39 Å². The Morgan fingerprint density at radius 3 is 2.89 bits per heavy atom. The largest absolute Gasteiger partial charge is 0.352 e. The van der Waals surface area contributed by atoms with E-state index in [0.29, 0.717) is 18.0 Å². The zero-order valence-electron chi connectivity index (χ0n) is 11.0. The molecular formula is C15H20FNO. The Morgan fingerprint density at radius 1 is 1.44 bits per heavy atom. The van der Waals surface area contributed by atoms with E-state index in [1.807, 2.05) is 0 Å². The average Bonchev–Trinajstić information content (AvgIpc) is 2.76. The first-order valence-corrected chi connectivity index (χ1v) is 6.61. The van der Waals surface area contributed by atoms with Gasteiger partial charge in [0, 0.05) is 6.54 Å². The van der Waals surface area contributed by atoms with E-state index in [2.05, 4.69) is 12.2 Å². The van der Waals surface area contributed by atoms with E-state index in [1.54, 1.807) is 19.1 Å². The Kier molecular flexibility index (Phi) is 4.00. The standard InChI is InChI=1S/C15H20FNO/c1-10-6-7-12(8-10)9-17-15(18)13-5-3-4-11(2)14(13)16/h3-5,10,12H,6-9H2,1-2H3,(H,17,18). The van der Waals surface area contributed by atoms with Gasteiger partial charge in [-0.15, -0.1) is 0 Å². The maximum absolute atomic E-state index is 13.8. The normalized spacial score (nSPS) is 23.1. The molecule has 0 bridgehead atoms. The van der Waals surface area contributed by atoms with Gasteiger partial charge in [0.1, 0.15) is 5.82 Å². The van der Waals surface area contributed by atoms with Crippen molar-refractivity contribution in [1.82, 2.24) is 5.32 Å². The molecular weight excluding hydrogens is 229 g/mol. The van der Waals surface area contributed by atoms with Gasteiger partial charge < -0.3 is 5.32 Å². The highest BCUT2D eigenvalue weighted by molar-refractivity contribution is 5.94. The zero-order chi connectivity index (χ0) is 13.1. The number of carbonyl (C=O) groups is 1. The Labute approximate surface area is 108 Å². The molecule has 1 fully saturated rings. The van der Waals surface area contributed by atoms with Gasteiger partial charge in [-0.2, -0.15) is 0 Å². The summed E-state index contributed by atoms with van der Waals surface area (Å²) in [4.78, 5) is 11.9. The van der Waals surface area contributed by atoms with Crippen LogP contribution < -0.4 is 5.32 Å². The van der Waals surface area contributed by atoms with E-state index in [4.69, 9.17) is 0 Å². The molecule has 1 aromatic carbocycles. The predicted molar refractivity (Wildman–Crippen MR) is 70.0 cm³/mol. The van der Waals surface area contributed by atoms with Crippen molar-refractivity contribution in [3.63, 3.8) is 0 Å². The lowest BCUT2D eigenvalue weighted by atomic mass is 10.1. The molecule has 18 heavy (non-hydrogen) atoms. The summed E-state index contributed by atoms with van der Waals surface area (Å²) in [7, 11) is 0. The van der Waals surface area contributed by atoms with Crippen LogP contribution >= 0.6 is 0 Å². The fourth-order valence-corrected chi connectivity index (χ4v) is 2.67. The van der Waals surface area contributed by atoms with Crippen molar-refractivity contribution < 1.29 is 9.18 Å². The summed E-state index contributed by atoms with van der Waals surface area (Å²) in [6.07, 6.45) is 3.56. The molecule has 1 N–H and O–H groups in total. The van der Waals surface area contributed by atoms with Gasteiger partial charge in [-0.3, -0.25) is 4.79 Å². The van der Waals surface area contributed by atoms with Crippen molar-refractivity contribution in [2.24, 2.45) is 11.8 Å². The van der Waals surface area contributed by atoms with Crippen molar-refractivity contribution in [3.05, 3.63) is 35.1 Å². The minimum Gasteiger partial charge on any atom is -0.352 e. The summed E-state index contributed by atoms with van der Waals surface area (Å²) in [5.41, 5.74) is 0.665. The van der Waals surface area contributed by atoms with Gasteiger partial charge in [0.2, 0.25) is 0 Å². The lowest BCUT2D eigenvalue weighted by molar-refractivity contribution is 0.0943. The smallest absolute Gasteiger partial charge is 0.254 e. The minimum atomic E-state index is -0.408. The molecule has 98 valence electrons. The van der Waals surface area contributed by atoms with Crippen LogP contribution in [0, 0.1) is 24.6 Å². The fourth-order valence-electron chi connectivity index (χ4n) is 2.67. The molecule has 1 aromatic rings. The van der Waals surface area contributed by atoms with E-state index in [0.717, 1.165) is 18.8 Å². The Balaban J connectivity index is 1.94. The highest BCUT2D eigenvalue weighted by Crippen LogP contribution is 2.29. The Morgan fingerprint density at radius 2 is 2.22 bits per heavy atom. The van der Waals surface area contributed by atoms with Gasteiger partial charge in [0.05, 0.1) is 5.56 Å². The second-order valence-electron chi connectivity index (χ2n) is 5.43. The molecule has 0 aromatic heterocycles. The topological polar surface area (TPSA) is 29.1 Å². The van der Waals surface area contributed by atoms with Crippen LogP contribution in [0.1, 0.15) is 42.1 Å².